The average molecular weight is 280 g/mol. The molecular formula is C19H37N. The van der Waals surface area contributed by atoms with Gasteiger partial charge in [0.1, 0.15) is 0 Å². The Labute approximate surface area is 127 Å². The minimum atomic E-state index is 0.605. The summed E-state index contributed by atoms with van der Waals surface area (Å²) in [6.07, 6.45) is 11.6. The lowest BCUT2D eigenvalue weighted by atomic mass is 9.63. The molecule has 4 unspecified atom stereocenters. The van der Waals surface area contributed by atoms with E-state index in [9.17, 15) is 0 Å². The number of rotatable bonds is 5. The minimum Gasteiger partial charge on any atom is -0.316 e. The van der Waals surface area contributed by atoms with Crippen molar-refractivity contribution in [1.82, 2.24) is 5.32 Å². The molecule has 1 nitrogen and oxygen atoms in total. The molecule has 0 bridgehead atoms. The van der Waals surface area contributed by atoms with Crippen LogP contribution < -0.4 is 5.32 Å². The molecule has 2 rings (SSSR count). The fourth-order valence-corrected chi connectivity index (χ4v) is 5.47. The molecule has 0 aliphatic heterocycles. The van der Waals surface area contributed by atoms with E-state index < -0.39 is 0 Å². The molecule has 0 saturated heterocycles. The molecule has 1 N–H and O–H groups in total. The maximum Gasteiger partial charge on any atom is 0.0149 e. The monoisotopic (exact) mass is 279 g/mol. The standard InChI is InChI=1S/C19H37N/c1-14(2)13-19(10-6-7-11-19)18(20-5)17-9-8-15(3)16(4)12-17/h14-18,20H,6-13H2,1-5H3. The maximum atomic E-state index is 3.80. The van der Waals surface area contributed by atoms with Crippen molar-refractivity contribution < 1.29 is 0 Å². The van der Waals surface area contributed by atoms with Crippen LogP contribution in [0.15, 0.2) is 0 Å². The molecule has 0 aromatic carbocycles. The van der Waals surface area contributed by atoms with Crippen molar-refractivity contribution in [2.45, 2.75) is 85.1 Å². The minimum absolute atomic E-state index is 0.605. The third-order valence-electron chi connectivity index (χ3n) is 6.49. The maximum absolute atomic E-state index is 3.80. The first-order valence-electron chi connectivity index (χ1n) is 9.16. The first-order valence-corrected chi connectivity index (χ1v) is 9.16. The van der Waals surface area contributed by atoms with Crippen LogP contribution in [0.2, 0.25) is 0 Å². The second-order valence-corrected chi connectivity index (χ2v) is 8.46. The lowest BCUT2D eigenvalue weighted by Gasteiger charge is -2.46. The molecule has 2 saturated carbocycles. The van der Waals surface area contributed by atoms with Crippen molar-refractivity contribution in [3.63, 3.8) is 0 Å². The van der Waals surface area contributed by atoms with E-state index in [0.29, 0.717) is 5.41 Å². The van der Waals surface area contributed by atoms with Gasteiger partial charge in [-0.05, 0) is 68.2 Å². The normalized spacial score (nSPS) is 35.4. The average Bonchev–Trinajstić information content (AvgIpc) is 2.83. The molecular weight excluding hydrogens is 242 g/mol. The summed E-state index contributed by atoms with van der Waals surface area (Å²) in [7, 11) is 2.23. The van der Waals surface area contributed by atoms with Gasteiger partial charge in [-0.3, -0.25) is 0 Å². The van der Waals surface area contributed by atoms with E-state index in [2.05, 4.69) is 40.1 Å². The van der Waals surface area contributed by atoms with Gasteiger partial charge in [0.2, 0.25) is 0 Å². The first kappa shape index (κ1) is 16.3. The highest BCUT2D eigenvalue weighted by atomic mass is 14.9. The van der Waals surface area contributed by atoms with E-state index in [1.807, 2.05) is 0 Å². The molecule has 0 radical (unpaired) electrons. The summed E-state index contributed by atoms with van der Waals surface area (Å²) in [4.78, 5) is 0. The predicted molar refractivity (Wildman–Crippen MR) is 88.9 cm³/mol. The molecule has 1 heteroatoms. The zero-order valence-corrected chi connectivity index (χ0v) is 14.5. The third kappa shape index (κ3) is 3.40. The van der Waals surface area contributed by atoms with E-state index in [-0.39, 0.29) is 0 Å². The molecule has 2 fully saturated rings. The molecule has 0 heterocycles. The Hall–Kier alpha value is -0.0400. The van der Waals surface area contributed by atoms with Gasteiger partial charge in [0.25, 0.3) is 0 Å². The summed E-state index contributed by atoms with van der Waals surface area (Å²) in [5, 5.41) is 3.80. The van der Waals surface area contributed by atoms with Gasteiger partial charge in [-0.25, -0.2) is 0 Å². The molecule has 0 aromatic heterocycles. The quantitative estimate of drug-likeness (QED) is 0.724. The van der Waals surface area contributed by atoms with Gasteiger partial charge in [0.05, 0.1) is 0 Å². The molecule has 0 aromatic rings. The van der Waals surface area contributed by atoms with Crippen molar-refractivity contribution in [1.29, 1.82) is 0 Å². The molecule has 20 heavy (non-hydrogen) atoms. The van der Waals surface area contributed by atoms with Crippen LogP contribution in [0.3, 0.4) is 0 Å². The van der Waals surface area contributed by atoms with E-state index in [1.54, 1.807) is 0 Å². The summed E-state index contributed by atoms with van der Waals surface area (Å²) in [6, 6.07) is 0.766. The topological polar surface area (TPSA) is 12.0 Å². The van der Waals surface area contributed by atoms with E-state index >= 15 is 0 Å². The van der Waals surface area contributed by atoms with Crippen LogP contribution >= 0.6 is 0 Å². The largest absolute Gasteiger partial charge is 0.316 e. The Balaban J connectivity index is 2.12. The molecule has 2 aliphatic carbocycles. The third-order valence-corrected chi connectivity index (χ3v) is 6.49. The summed E-state index contributed by atoms with van der Waals surface area (Å²) in [6.45, 7) is 9.76. The fraction of sp³-hybridized carbons (Fsp3) is 1.00. The number of hydrogen-bond donors (Lipinski definition) is 1. The van der Waals surface area contributed by atoms with E-state index in [0.717, 1.165) is 29.7 Å². The Bertz CT molecular complexity index is 290. The highest BCUT2D eigenvalue weighted by Gasteiger charge is 2.45. The Morgan fingerprint density at radius 1 is 1.05 bits per heavy atom. The van der Waals surface area contributed by atoms with Gasteiger partial charge in [-0.1, -0.05) is 47.0 Å². The number of hydrogen-bond acceptors (Lipinski definition) is 1. The summed E-state index contributed by atoms with van der Waals surface area (Å²) in [5.74, 6) is 3.61. The van der Waals surface area contributed by atoms with Crippen LogP contribution in [0, 0.1) is 29.1 Å². The summed E-state index contributed by atoms with van der Waals surface area (Å²) >= 11 is 0. The Morgan fingerprint density at radius 3 is 2.20 bits per heavy atom. The lowest BCUT2D eigenvalue weighted by Crippen LogP contribution is -2.49. The highest BCUT2D eigenvalue weighted by molar-refractivity contribution is 4.99. The van der Waals surface area contributed by atoms with Crippen LogP contribution in [0.1, 0.15) is 79.1 Å². The van der Waals surface area contributed by atoms with Crippen LogP contribution in [0.4, 0.5) is 0 Å². The Morgan fingerprint density at radius 2 is 1.70 bits per heavy atom. The second kappa shape index (κ2) is 6.81. The molecule has 0 spiro atoms. The van der Waals surface area contributed by atoms with Gasteiger partial charge in [-0.15, -0.1) is 0 Å². The zero-order chi connectivity index (χ0) is 14.8. The van der Waals surface area contributed by atoms with Crippen LogP contribution in [-0.4, -0.2) is 13.1 Å². The highest BCUT2D eigenvalue weighted by Crippen LogP contribution is 2.50. The number of nitrogens with one attached hydrogen (secondary N) is 1. The van der Waals surface area contributed by atoms with Crippen LogP contribution in [0.5, 0.6) is 0 Å². The zero-order valence-electron chi connectivity index (χ0n) is 14.5. The van der Waals surface area contributed by atoms with Gasteiger partial charge < -0.3 is 5.32 Å². The predicted octanol–water partition coefficient (Wildman–Crippen LogP) is 5.25. The molecule has 4 atom stereocenters. The van der Waals surface area contributed by atoms with Crippen LogP contribution in [-0.2, 0) is 0 Å². The lowest BCUT2D eigenvalue weighted by molar-refractivity contribution is 0.0717. The van der Waals surface area contributed by atoms with Crippen LogP contribution in [0.25, 0.3) is 0 Å². The second-order valence-electron chi connectivity index (χ2n) is 8.46. The molecule has 2 aliphatic rings. The van der Waals surface area contributed by atoms with E-state index in [1.165, 1.54) is 51.4 Å². The summed E-state index contributed by atoms with van der Waals surface area (Å²) in [5.41, 5.74) is 0.605. The van der Waals surface area contributed by atoms with Crippen molar-refractivity contribution in [3.8, 4) is 0 Å². The van der Waals surface area contributed by atoms with Crippen molar-refractivity contribution in [3.05, 3.63) is 0 Å². The molecule has 0 amide bonds. The van der Waals surface area contributed by atoms with Gasteiger partial charge in [0, 0.05) is 6.04 Å². The van der Waals surface area contributed by atoms with Gasteiger partial charge in [0.15, 0.2) is 0 Å². The van der Waals surface area contributed by atoms with E-state index in [4.69, 9.17) is 0 Å². The van der Waals surface area contributed by atoms with Gasteiger partial charge in [-0.2, -0.15) is 0 Å². The van der Waals surface area contributed by atoms with Crippen molar-refractivity contribution >= 4 is 0 Å². The van der Waals surface area contributed by atoms with Crippen molar-refractivity contribution in [2.75, 3.05) is 7.05 Å². The van der Waals surface area contributed by atoms with Gasteiger partial charge >= 0.3 is 0 Å². The first-order chi connectivity index (χ1) is 9.48. The smallest absolute Gasteiger partial charge is 0.0149 e. The summed E-state index contributed by atoms with van der Waals surface area (Å²) < 4.78 is 0. The Kier molecular flexibility index (Phi) is 5.56. The van der Waals surface area contributed by atoms with Crippen molar-refractivity contribution in [2.24, 2.45) is 29.1 Å². The fourth-order valence-electron chi connectivity index (χ4n) is 5.47. The molecule has 118 valence electrons. The SMILES string of the molecule is CNC(C1CCC(C)C(C)C1)C1(CC(C)C)CCCC1.